The van der Waals surface area contributed by atoms with E-state index in [9.17, 15) is 4.79 Å². The predicted octanol–water partition coefficient (Wildman–Crippen LogP) is 4.59. The van der Waals surface area contributed by atoms with Crippen molar-refractivity contribution >= 4 is 39.9 Å². The first kappa shape index (κ1) is 15.3. The van der Waals surface area contributed by atoms with Crippen molar-refractivity contribution in [1.82, 2.24) is 0 Å². The van der Waals surface area contributed by atoms with Gasteiger partial charge in [-0.2, -0.15) is 0 Å². The number of nitrogens with one attached hydrogen (secondary N) is 1. The van der Waals surface area contributed by atoms with E-state index in [1.165, 1.54) is 9.13 Å². The molecule has 0 aliphatic carbocycles. The predicted molar refractivity (Wildman–Crippen MR) is 99.2 cm³/mol. The summed E-state index contributed by atoms with van der Waals surface area (Å²) in [7, 11) is 0. The average Bonchev–Trinajstić information content (AvgIpc) is 2.48. The van der Waals surface area contributed by atoms with E-state index in [1.807, 2.05) is 23.1 Å². The largest absolute Gasteiger partial charge is 0.378 e. The number of nitrogens with zero attached hydrogens (tertiary/aromatic N) is 1. The van der Waals surface area contributed by atoms with Crippen LogP contribution < -0.4 is 10.2 Å². The zero-order chi connectivity index (χ0) is 15.7. The van der Waals surface area contributed by atoms with E-state index in [-0.39, 0.29) is 18.0 Å². The Labute approximate surface area is 144 Å². The van der Waals surface area contributed by atoms with Gasteiger partial charge in [-0.05, 0) is 71.8 Å². The van der Waals surface area contributed by atoms with Gasteiger partial charge >= 0.3 is 0 Å². The number of fused-ring (bicyclic) bond motifs is 1. The maximum absolute atomic E-state index is 12.0. The third-order valence-electron chi connectivity index (χ3n) is 4.10. The van der Waals surface area contributed by atoms with Crippen molar-refractivity contribution < 1.29 is 4.79 Å². The minimum Gasteiger partial charge on any atom is -0.378 e. The molecule has 0 unspecified atom stereocenters. The summed E-state index contributed by atoms with van der Waals surface area (Å²) in [6.45, 7) is 3.76. The first-order valence-electron chi connectivity index (χ1n) is 7.47. The molecule has 0 aromatic heterocycles. The van der Waals surface area contributed by atoms with Crippen molar-refractivity contribution in [3.8, 4) is 0 Å². The Morgan fingerprint density at radius 3 is 2.64 bits per heavy atom. The second kappa shape index (κ2) is 6.28. The lowest BCUT2D eigenvalue weighted by Crippen LogP contribution is -2.43. The van der Waals surface area contributed by atoms with Gasteiger partial charge in [0.25, 0.3) is 0 Å². The SMILES string of the molecule is CC(=O)N1c2ccc(I)cc2[C@@H](Nc2ccccc2)C[C@@H]1C. The molecule has 1 N–H and O–H groups in total. The van der Waals surface area contributed by atoms with Gasteiger partial charge in [0.2, 0.25) is 5.91 Å². The fourth-order valence-corrected chi connectivity index (χ4v) is 3.70. The van der Waals surface area contributed by atoms with Crippen molar-refractivity contribution in [1.29, 1.82) is 0 Å². The monoisotopic (exact) mass is 406 g/mol. The number of carbonyl (C=O) groups excluding carboxylic acids is 1. The van der Waals surface area contributed by atoms with Crippen molar-refractivity contribution in [2.45, 2.75) is 32.4 Å². The van der Waals surface area contributed by atoms with Gasteiger partial charge in [-0.25, -0.2) is 0 Å². The Kier molecular flexibility index (Phi) is 4.38. The summed E-state index contributed by atoms with van der Waals surface area (Å²) in [6, 6.07) is 17.0. The molecule has 0 saturated carbocycles. The summed E-state index contributed by atoms with van der Waals surface area (Å²) < 4.78 is 1.19. The molecule has 22 heavy (non-hydrogen) atoms. The number of hydrogen-bond acceptors (Lipinski definition) is 2. The quantitative estimate of drug-likeness (QED) is 0.741. The number of halogens is 1. The highest BCUT2D eigenvalue weighted by Gasteiger charge is 2.32. The molecule has 2 aromatic carbocycles. The van der Waals surface area contributed by atoms with Crippen LogP contribution >= 0.6 is 22.6 Å². The maximum atomic E-state index is 12.0. The number of anilines is 2. The number of hydrogen-bond donors (Lipinski definition) is 1. The lowest BCUT2D eigenvalue weighted by Gasteiger charge is -2.39. The summed E-state index contributed by atoms with van der Waals surface area (Å²) in [5.74, 6) is 0.105. The van der Waals surface area contributed by atoms with Crippen LogP contribution in [0.3, 0.4) is 0 Å². The summed E-state index contributed by atoms with van der Waals surface area (Å²) in [6.07, 6.45) is 0.904. The van der Waals surface area contributed by atoms with Crippen molar-refractivity contribution in [3.63, 3.8) is 0 Å². The van der Waals surface area contributed by atoms with Crippen LogP contribution in [-0.4, -0.2) is 11.9 Å². The van der Waals surface area contributed by atoms with E-state index in [0.29, 0.717) is 0 Å². The van der Waals surface area contributed by atoms with E-state index in [4.69, 9.17) is 0 Å². The van der Waals surface area contributed by atoms with E-state index < -0.39 is 0 Å². The molecular weight excluding hydrogens is 387 g/mol. The van der Waals surface area contributed by atoms with E-state index in [1.54, 1.807) is 6.92 Å². The second-order valence-corrected chi connectivity index (χ2v) is 6.99. The zero-order valence-corrected chi connectivity index (χ0v) is 14.9. The highest BCUT2D eigenvalue weighted by molar-refractivity contribution is 14.1. The van der Waals surface area contributed by atoms with Crippen LogP contribution in [0.5, 0.6) is 0 Å². The standard InChI is InChI=1S/C18H19IN2O/c1-12-10-17(20-15-6-4-3-5-7-15)16-11-14(19)8-9-18(16)21(12)13(2)22/h3-9,11-12,17,20H,10H2,1-2H3/t12-,17-/m0/s1. The molecule has 3 rings (SSSR count). The van der Waals surface area contributed by atoms with Crippen molar-refractivity contribution in [2.24, 2.45) is 0 Å². The van der Waals surface area contributed by atoms with E-state index in [0.717, 1.165) is 17.8 Å². The fraction of sp³-hybridized carbons (Fsp3) is 0.278. The number of rotatable bonds is 2. The Bertz CT molecular complexity index is 687. The molecule has 0 saturated heterocycles. The zero-order valence-electron chi connectivity index (χ0n) is 12.7. The Morgan fingerprint density at radius 1 is 1.23 bits per heavy atom. The van der Waals surface area contributed by atoms with Gasteiger partial charge in [0, 0.05) is 27.9 Å². The Balaban J connectivity index is 2.00. The lowest BCUT2D eigenvalue weighted by molar-refractivity contribution is -0.117. The molecule has 2 aromatic rings. The lowest BCUT2D eigenvalue weighted by atomic mass is 9.91. The van der Waals surface area contributed by atoms with Gasteiger partial charge in [-0.3, -0.25) is 4.79 Å². The van der Waals surface area contributed by atoms with E-state index in [2.05, 4.69) is 65.2 Å². The second-order valence-electron chi connectivity index (χ2n) is 5.74. The van der Waals surface area contributed by atoms with Crippen LogP contribution in [0.2, 0.25) is 0 Å². The fourth-order valence-electron chi connectivity index (χ4n) is 3.19. The number of benzene rings is 2. The van der Waals surface area contributed by atoms with Gasteiger partial charge in [0.05, 0.1) is 6.04 Å². The molecule has 4 heteroatoms. The molecule has 0 bridgehead atoms. The maximum Gasteiger partial charge on any atom is 0.224 e. The molecule has 1 aliphatic heterocycles. The third kappa shape index (κ3) is 2.97. The third-order valence-corrected chi connectivity index (χ3v) is 4.77. The summed E-state index contributed by atoms with van der Waals surface area (Å²) in [4.78, 5) is 13.9. The van der Waals surface area contributed by atoms with Crippen molar-refractivity contribution in [3.05, 3.63) is 57.7 Å². The molecule has 0 radical (unpaired) electrons. The van der Waals surface area contributed by atoms with Crippen LogP contribution in [0, 0.1) is 3.57 Å². The Morgan fingerprint density at radius 2 is 1.95 bits per heavy atom. The topological polar surface area (TPSA) is 32.3 Å². The van der Waals surface area contributed by atoms with Crippen LogP contribution in [0.15, 0.2) is 48.5 Å². The highest BCUT2D eigenvalue weighted by atomic mass is 127. The number of amides is 1. The minimum absolute atomic E-state index is 0.105. The van der Waals surface area contributed by atoms with Gasteiger partial charge in [-0.1, -0.05) is 18.2 Å². The molecule has 0 fully saturated rings. The van der Waals surface area contributed by atoms with Crippen LogP contribution in [0.4, 0.5) is 11.4 Å². The first-order valence-corrected chi connectivity index (χ1v) is 8.55. The summed E-state index contributed by atoms with van der Waals surface area (Å²) in [5, 5.41) is 3.61. The Hall–Kier alpha value is -1.56. The van der Waals surface area contributed by atoms with Gasteiger partial charge in [0.1, 0.15) is 0 Å². The van der Waals surface area contributed by atoms with Crippen molar-refractivity contribution in [2.75, 3.05) is 10.2 Å². The first-order chi connectivity index (χ1) is 10.6. The molecule has 1 heterocycles. The molecule has 2 atom stereocenters. The molecule has 1 amide bonds. The average molecular weight is 406 g/mol. The van der Waals surface area contributed by atoms with Crippen LogP contribution in [-0.2, 0) is 4.79 Å². The molecular formula is C18H19IN2O. The minimum atomic E-state index is 0.105. The van der Waals surface area contributed by atoms with Gasteiger partial charge in [0.15, 0.2) is 0 Å². The number of para-hydroxylation sites is 1. The normalized spacial score (nSPS) is 20.4. The van der Waals surface area contributed by atoms with Gasteiger partial charge in [-0.15, -0.1) is 0 Å². The molecule has 1 aliphatic rings. The van der Waals surface area contributed by atoms with Crippen LogP contribution in [0.25, 0.3) is 0 Å². The molecule has 3 nitrogen and oxygen atoms in total. The highest BCUT2D eigenvalue weighted by Crippen LogP contribution is 2.39. The van der Waals surface area contributed by atoms with E-state index >= 15 is 0 Å². The van der Waals surface area contributed by atoms with Gasteiger partial charge < -0.3 is 10.2 Å². The summed E-state index contributed by atoms with van der Waals surface area (Å²) in [5.41, 5.74) is 3.34. The number of carbonyl (C=O) groups is 1. The smallest absolute Gasteiger partial charge is 0.224 e. The molecule has 114 valence electrons. The molecule has 0 spiro atoms. The van der Waals surface area contributed by atoms with Crippen LogP contribution in [0.1, 0.15) is 31.9 Å². The summed E-state index contributed by atoms with van der Waals surface area (Å²) >= 11 is 2.33.